The fraction of sp³-hybridized carbons (Fsp3) is 0.412. The second kappa shape index (κ2) is 6.07. The fourth-order valence-corrected chi connectivity index (χ4v) is 5.28. The van der Waals surface area contributed by atoms with Crippen LogP contribution < -0.4 is 10.3 Å². The van der Waals surface area contributed by atoms with Crippen LogP contribution in [0.4, 0.5) is 0 Å². The monoisotopic (exact) mass is 395 g/mol. The highest BCUT2D eigenvalue weighted by Crippen LogP contribution is 2.38. The molecule has 2 aliphatic rings. The first-order valence-corrected chi connectivity index (χ1v) is 10.1. The van der Waals surface area contributed by atoms with E-state index in [4.69, 9.17) is 16.3 Å². The Morgan fingerprint density at radius 2 is 2.12 bits per heavy atom. The van der Waals surface area contributed by atoms with E-state index in [0.29, 0.717) is 34.9 Å². The summed E-state index contributed by atoms with van der Waals surface area (Å²) in [4.78, 5) is 16.5. The van der Waals surface area contributed by atoms with Gasteiger partial charge in [-0.2, -0.15) is 4.31 Å². The lowest BCUT2D eigenvalue weighted by atomic mass is 10.1. The Morgan fingerprint density at radius 1 is 1.35 bits per heavy atom. The van der Waals surface area contributed by atoms with Crippen LogP contribution in [0, 0.1) is 0 Å². The lowest BCUT2D eigenvalue weighted by Crippen LogP contribution is -2.40. The molecule has 0 saturated heterocycles. The Labute approximate surface area is 156 Å². The highest BCUT2D eigenvalue weighted by atomic mass is 35.5. The van der Waals surface area contributed by atoms with Crippen LogP contribution in [0.1, 0.15) is 23.7 Å². The number of nitrogens with zero attached hydrogens (tertiary/aromatic N) is 3. The van der Waals surface area contributed by atoms with Gasteiger partial charge in [-0.3, -0.25) is 4.79 Å². The summed E-state index contributed by atoms with van der Waals surface area (Å²) in [5, 5.41) is 0.301. The van der Waals surface area contributed by atoms with Gasteiger partial charge in [0, 0.05) is 31.1 Å². The lowest BCUT2D eigenvalue weighted by Gasteiger charge is -2.27. The number of hydrogen-bond acceptors (Lipinski definition) is 5. The second-order valence-corrected chi connectivity index (χ2v) is 9.05. The minimum atomic E-state index is -3.74. The third-order valence-electron chi connectivity index (χ3n) is 4.81. The molecular formula is C17H18ClN3O4S. The van der Waals surface area contributed by atoms with Gasteiger partial charge in [0.05, 0.1) is 28.5 Å². The second-order valence-electron chi connectivity index (χ2n) is 6.70. The highest BCUT2D eigenvalue weighted by molar-refractivity contribution is 7.89. The first-order chi connectivity index (χ1) is 12.3. The molecule has 0 saturated carbocycles. The molecule has 0 amide bonds. The van der Waals surface area contributed by atoms with E-state index >= 15 is 0 Å². The number of ether oxygens (including phenoxy) is 1. The van der Waals surface area contributed by atoms with Gasteiger partial charge in [-0.05, 0) is 25.5 Å². The van der Waals surface area contributed by atoms with Crippen molar-refractivity contribution in [3.8, 4) is 5.75 Å². The number of aromatic nitrogens is 2. The van der Waals surface area contributed by atoms with E-state index in [1.807, 2.05) is 6.92 Å². The van der Waals surface area contributed by atoms with Crippen molar-refractivity contribution in [3.63, 3.8) is 0 Å². The molecule has 0 bridgehead atoms. The largest absolute Gasteiger partial charge is 0.489 e. The number of halogens is 1. The van der Waals surface area contributed by atoms with Crippen molar-refractivity contribution in [2.75, 3.05) is 6.54 Å². The van der Waals surface area contributed by atoms with Gasteiger partial charge in [-0.25, -0.2) is 13.4 Å². The molecule has 0 radical (unpaired) electrons. The van der Waals surface area contributed by atoms with Crippen molar-refractivity contribution in [1.29, 1.82) is 0 Å². The average molecular weight is 396 g/mol. The van der Waals surface area contributed by atoms with Crippen molar-refractivity contribution in [2.45, 2.75) is 37.3 Å². The maximum absolute atomic E-state index is 13.1. The summed E-state index contributed by atoms with van der Waals surface area (Å²) in [5.41, 5.74) is 1.76. The van der Waals surface area contributed by atoms with E-state index in [1.165, 1.54) is 21.3 Å². The van der Waals surface area contributed by atoms with Crippen molar-refractivity contribution in [3.05, 3.63) is 50.7 Å². The third kappa shape index (κ3) is 2.72. The molecule has 1 atom stereocenters. The summed E-state index contributed by atoms with van der Waals surface area (Å²) in [6.45, 7) is 2.23. The Balaban J connectivity index is 1.70. The fourth-order valence-electron chi connectivity index (χ4n) is 3.46. The molecule has 1 aromatic carbocycles. The summed E-state index contributed by atoms with van der Waals surface area (Å²) in [6, 6.07) is 3.06. The quantitative estimate of drug-likeness (QED) is 0.769. The van der Waals surface area contributed by atoms with Crippen molar-refractivity contribution >= 4 is 21.6 Å². The smallest absolute Gasteiger partial charge is 0.256 e. The maximum atomic E-state index is 13.1. The van der Waals surface area contributed by atoms with Gasteiger partial charge in [0.1, 0.15) is 11.9 Å². The molecule has 4 rings (SSSR count). The minimum absolute atomic E-state index is 0.0252. The van der Waals surface area contributed by atoms with Crippen LogP contribution in [0.3, 0.4) is 0 Å². The molecule has 7 nitrogen and oxygen atoms in total. The summed E-state index contributed by atoms with van der Waals surface area (Å²) < 4.78 is 34.6. The van der Waals surface area contributed by atoms with E-state index in [2.05, 4.69) is 4.98 Å². The predicted octanol–water partition coefficient (Wildman–Crippen LogP) is 1.50. The minimum Gasteiger partial charge on any atom is -0.489 e. The zero-order valence-electron chi connectivity index (χ0n) is 14.4. The number of rotatable bonds is 2. The molecule has 9 heteroatoms. The Morgan fingerprint density at radius 3 is 2.88 bits per heavy atom. The van der Waals surface area contributed by atoms with Gasteiger partial charge >= 0.3 is 0 Å². The van der Waals surface area contributed by atoms with Gasteiger partial charge in [0.15, 0.2) is 0 Å². The van der Waals surface area contributed by atoms with Crippen LogP contribution in [0.15, 0.2) is 28.2 Å². The Hall–Kier alpha value is -1.90. The first-order valence-electron chi connectivity index (χ1n) is 8.30. The molecule has 3 heterocycles. The van der Waals surface area contributed by atoms with Gasteiger partial charge < -0.3 is 9.30 Å². The third-order valence-corrected chi connectivity index (χ3v) is 6.91. The van der Waals surface area contributed by atoms with Gasteiger partial charge in [0.2, 0.25) is 10.0 Å². The van der Waals surface area contributed by atoms with Gasteiger partial charge in [0.25, 0.3) is 5.56 Å². The predicted molar refractivity (Wildman–Crippen MR) is 96.0 cm³/mol. The molecule has 0 N–H and O–H groups in total. The van der Waals surface area contributed by atoms with Crippen LogP contribution >= 0.6 is 11.6 Å². The summed E-state index contributed by atoms with van der Waals surface area (Å²) in [7, 11) is -2.11. The average Bonchev–Trinajstić information content (AvgIpc) is 2.99. The zero-order valence-corrected chi connectivity index (χ0v) is 16.0. The number of aryl methyl sites for hydroxylation is 1. The molecule has 0 aliphatic carbocycles. The standard InChI is InChI=1S/C17H18ClN3O4S/c1-10-5-11-6-12(7-14(18)16(11)25-10)26(23,24)21-4-3-13-15(8-21)19-9-20(2)17(13)22/h6-7,9-10H,3-5,8H2,1-2H3/t10-/m0/s1. The molecule has 2 aliphatic heterocycles. The van der Waals surface area contributed by atoms with E-state index in [9.17, 15) is 13.2 Å². The molecule has 1 aromatic heterocycles. The topological polar surface area (TPSA) is 81.5 Å². The van der Waals surface area contributed by atoms with E-state index in [0.717, 1.165) is 5.56 Å². The molecule has 0 fully saturated rings. The van der Waals surface area contributed by atoms with Crippen LogP contribution in [0.5, 0.6) is 5.75 Å². The van der Waals surface area contributed by atoms with Crippen molar-refractivity contribution in [2.24, 2.45) is 7.05 Å². The lowest BCUT2D eigenvalue weighted by molar-refractivity contribution is 0.255. The Bertz CT molecular complexity index is 1060. The summed E-state index contributed by atoms with van der Waals surface area (Å²) in [6.07, 6.45) is 2.36. The van der Waals surface area contributed by atoms with E-state index in [1.54, 1.807) is 13.1 Å². The van der Waals surface area contributed by atoms with Gasteiger partial charge in [-0.1, -0.05) is 11.6 Å². The van der Waals surface area contributed by atoms with Crippen molar-refractivity contribution < 1.29 is 13.2 Å². The van der Waals surface area contributed by atoms with E-state index < -0.39 is 10.0 Å². The summed E-state index contributed by atoms with van der Waals surface area (Å²) in [5.74, 6) is 0.562. The van der Waals surface area contributed by atoms with Gasteiger partial charge in [-0.15, -0.1) is 0 Å². The van der Waals surface area contributed by atoms with Crippen LogP contribution in [0.25, 0.3) is 0 Å². The number of sulfonamides is 1. The molecule has 0 unspecified atom stereocenters. The van der Waals surface area contributed by atoms with Crippen LogP contribution in [0.2, 0.25) is 5.02 Å². The summed E-state index contributed by atoms with van der Waals surface area (Å²) >= 11 is 6.24. The SMILES string of the molecule is C[C@H]1Cc2cc(S(=O)(=O)N3CCc4c(ncn(C)c4=O)C3)cc(Cl)c2O1. The molecule has 26 heavy (non-hydrogen) atoms. The molecule has 0 spiro atoms. The van der Waals surface area contributed by atoms with Crippen LogP contribution in [-0.2, 0) is 36.5 Å². The molecule has 138 valence electrons. The first kappa shape index (κ1) is 17.5. The van der Waals surface area contributed by atoms with Crippen LogP contribution in [-0.4, -0.2) is 34.9 Å². The number of hydrogen-bond donors (Lipinski definition) is 0. The highest BCUT2D eigenvalue weighted by Gasteiger charge is 2.32. The van der Waals surface area contributed by atoms with E-state index in [-0.39, 0.29) is 29.6 Å². The number of fused-ring (bicyclic) bond motifs is 2. The molecule has 2 aromatic rings. The molecular weight excluding hydrogens is 378 g/mol. The number of benzene rings is 1. The zero-order chi connectivity index (χ0) is 18.6. The Kier molecular flexibility index (Phi) is 4.09. The normalized spacial score (nSPS) is 19.7. The maximum Gasteiger partial charge on any atom is 0.256 e. The van der Waals surface area contributed by atoms with Crippen molar-refractivity contribution in [1.82, 2.24) is 13.9 Å².